The molecule has 0 bridgehead atoms. The molecule has 1 amide bonds. The summed E-state index contributed by atoms with van der Waals surface area (Å²) < 4.78 is 13.0. The Balaban J connectivity index is 1.98. The molecule has 0 aliphatic carbocycles. The summed E-state index contributed by atoms with van der Waals surface area (Å²) >= 11 is 1.55. The minimum Gasteiger partial charge on any atom is -0.349 e. The van der Waals surface area contributed by atoms with Gasteiger partial charge in [-0.05, 0) is 57.0 Å². The Labute approximate surface area is 141 Å². The van der Waals surface area contributed by atoms with Crippen molar-refractivity contribution in [3.63, 3.8) is 0 Å². The van der Waals surface area contributed by atoms with Crippen LogP contribution in [0.5, 0.6) is 0 Å². The third-order valence-electron chi connectivity index (χ3n) is 3.73. The zero-order valence-electron chi connectivity index (χ0n) is 13.9. The highest BCUT2D eigenvalue weighted by molar-refractivity contribution is 8.00. The highest BCUT2D eigenvalue weighted by Crippen LogP contribution is 2.27. The summed E-state index contributed by atoms with van der Waals surface area (Å²) in [5.41, 5.74) is 3.29. The second-order valence-electron chi connectivity index (χ2n) is 5.81. The molecule has 0 aliphatic heterocycles. The molecule has 23 heavy (non-hydrogen) atoms. The average Bonchev–Trinajstić information content (AvgIpc) is 2.50. The molecule has 0 saturated carbocycles. The molecule has 2 aromatic carbocycles. The Bertz CT molecular complexity index is 684. The lowest BCUT2D eigenvalue weighted by atomic mass is 10.1. The van der Waals surface area contributed by atoms with Gasteiger partial charge >= 0.3 is 0 Å². The first kappa shape index (κ1) is 17.5. The number of amides is 1. The van der Waals surface area contributed by atoms with Crippen molar-refractivity contribution >= 4 is 17.7 Å². The van der Waals surface area contributed by atoms with Gasteiger partial charge in [-0.3, -0.25) is 4.79 Å². The Kier molecular flexibility index (Phi) is 5.83. The van der Waals surface area contributed by atoms with E-state index in [2.05, 4.69) is 37.4 Å². The largest absolute Gasteiger partial charge is 0.349 e. The number of aryl methyl sites for hydroxylation is 2. The standard InChI is InChI=1S/C19H22FNOS/c1-12-5-10-18(13(2)11-12)23-15(4)19(22)21-14(3)16-6-8-17(20)9-7-16/h5-11,14-15H,1-4H3,(H,21,22). The first-order chi connectivity index (χ1) is 10.9. The Morgan fingerprint density at radius 3 is 2.35 bits per heavy atom. The van der Waals surface area contributed by atoms with Crippen molar-refractivity contribution in [2.75, 3.05) is 0 Å². The lowest BCUT2D eigenvalue weighted by molar-refractivity contribution is -0.120. The predicted molar refractivity (Wildman–Crippen MR) is 94.2 cm³/mol. The fraction of sp³-hybridized carbons (Fsp3) is 0.316. The third-order valence-corrected chi connectivity index (χ3v) is 5.01. The number of hydrogen-bond donors (Lipinski definition) is 1. The van der Waals surface area contributed by atoms with Gasteiger partial charge in [0, 0.05) is 4.90 Å². The molecule has 122 valence electrons. The van der Waals surface area contributed by atoms with E-state index in [1.807, 2.05) is 13.8 Å². The summed E-state index contributed by atoms with van der Waals surface area (Å²) in [6, 6.07) is 12.3. The van der Waals surface area contributed by atoms with E-state index in [1.54, 1.807) is 23.9 Å². The van der Waals surface area contributed by atoms with Crippen LogP contribution in [0, 0.1) is 19.7 Å². The Morgan fingerprint density at radius 1 is 1.09 bits per heavy atom. The number of carbonyl (C=O) groups excluding carboxylic acids is 1. The molecule has 0 aromatic heterocycles. The molecule has 2 atom stereocenters. The van der Waals surface area contributed by atoms with Crippen LogP contribution < -0.4 is 5.32 Å². The summed E-state index contributed by atoms with van der Waals surface area (Å²) in [5, 5.41) is 2.79. The van der Waals surface area contributed by atoms with Crippen molar-refractivity contribution in [1.29, 1.82) is 0 Å². The SMILES string of the molecule is Cc1ccc(SC(C)C(=O)NC(C)c2ccc(F)cc2)c(C)c1. The van der Waals surface area contributed by atoms with E-state index in [-0.39, 0.29) is 23.0 Å². The molecule has 0 aliphatic rings. The van der Waals surface area contributed by atoms with Crippen molar-refractivity contribution in [3.05, 3.63) is 65.0 Å². The van der Waals surface area contributed by atoms with Gasteiger partial charge < -0.3 is 5.32 Å². The molecule has 4 heteroatoms. The van der Waals surface area contributed by atoms with Gasteiger partial charge in [-0.1, -0.05) is 29.8 Å². The lowest BCUT2D eigenvalue weighted by Gasteiger charge is -2.18. The topological polar surface area (TPSA) is 29.1 Å². The van der Waals surface area contributed by atoms with Crippen LogP contribution in [0.1, 0.15) is 36.6 Å². The first-order valence-corrected chi connectivity index (χ1v) is 8.54. The fourth-order valence-corrected chi connectivity index (χ4v) is 3.29. The van der Waals surface area contributed by atoms with Crippen LogP contribution in [0.3, 0.4) is 0 Å². The predicted octanol–water partition coefficient (Wildman–Crippen LogP) is 4.80. The maximum atomic E-state index is 13.0. The van der Waals surface area contributed by atoms with Crippen LogP contribution in [0.25, 0.3) is 0 Å². The number of carbonyl (C=O) groups is 1. The molecule has 0 spiro atoms. The number of hydrogen-bond acceptors (Lipinski definition) is 2. The number of benzene rings is 2. The van der Waals surface area contributed by atoms with E-state index in [9.17, 15) is 9.18 Å². The molecule has 1 N–H and O–H groups in total. The van der Waals surface area contributed by atoms with Gasteiger partial charge in [-0.2, -0.15) is 0 Å². The normalized spacial score (nSPS) is 13.4. The van der Waals surface area contributed by atoms with Crippen molar-refractivity contribution < 1.29 is 9.18 Å². The zero-order valence-corrected chi connectivity index (χ0v) is 14.7. The van der Waals surface area contributed by atoms with Crippen LogP contribution >= 0.6 is 11.8 Å². The number of halogens is 1. The molecule has 0 saturated heterocycles. The maximum Gasteiger partial charge on any atom is 0.233 e. The van der Waals surface area contributed by atoms with Crippen LogP contribution in [0.4, 0.5) is 4.39 Å². The van der Waals surface area contributed by atoms with Crippen molar-refractivity contribution in [2.24, 2.45) is 0 Å². The molecule has 2 nitrogen and oxygen atoms in total. The summed E-state index contributed by atoms with van der Waals surface area (Å²) in [7, 11) is 0. The first-order valence-electron chi connectivity index (χ1n) is 7.66. The number of thioether (sulfide) groups is 1. The summed E-state index contributed by atoms with van der Waals surface area (Å²) in [4.78, 5) is 13.5. The lowest BCUT2D eigenvalue weighted by Crippen LogP contribution is -2.33. The molecule has 2 rings (SSSR count). The number of rotatable bonds is 5. The zero-order chi connectivity index (χ0) is 17.0. The summed E-state index contributed by atoms with van der Waals surface area (Å²) in [5.74, 6) is -0.294. The van der Waals surface area contributed by atoms with E-state index in [0.717, 1.165) is 10.5 Å². The van der Waals surface area contributed by atoms with Gasteiger partial charge in [-0.25, -0.2) is 4.39 Å². The van der Waals surface area contributed by atoms with E-state index < -0.39 is 0 Å². The molecular weight excluding hydrogens is 309 g/mol. The van der Waals surface area contributed by atoms with E-state index >= 15 is 0 Å². The molecule has 0 fully saturated rings. The fourth-order valence-electron chi connectivity index (χ4n) is 2.34. The van der Waals surface area contributed by atoms with Crippen LogP contribution in [-0.4, -0.2) is 11.2 Å². The van der Waals surface area contributed by atoms with Crippen molar-refractivity contribution in [1.82, 2.24) is 5.32 Å². The smallest absolute Gasteiger partial charge is 0.233 e. The highest BCUT2D eigenvalue weighted by Gasteiger charge is 2.18. The Hall–Kier alpha value is -1.81. The Morgan fingerprint density at radius 2 is 1.74 bits per heavy atom. The summed E-state index contributed by atoms with van der Waals surface area (Å²) in [6.45, 7) is 7.92. The quantitative estimate of drug-likeness (QED) is 0.797. The van der Waals surface area contributed by atoms with Gasteiger partial charge in [-0.15, -0.1) is 11.8 Å². The van der Waals surface area contributed by atoms with Crippen LogP contribution in [0.2, 0.25) is 0 Å². The van der Waals surface area contributed by atoms with Gasteiger partial charge in [0.2, 0.25) is 5.91 Å². The highest BCUT2D eigenvalue weighted by atomic mass is 32.2. The average molecular weight is 331 g/mol. The monoisotopic (exact) mass is 331 g/mol. The van der Waals surface area contributed by atoms with Crippen molar-refractivity contribution in [2.45, 2.75) is 43.9 Å². The second-order valence-corrected chi connectivity index (χ2v) is 7.19. The molecule has 2 unspecified atom stereocenters. The third kappa shape index (κ3) is 4.83. The van der Waals surface area contributed by atoms with E-state index in [0.29, 0.717) is 0 Å². The molecule has 0 heterocycles. The minimum atomic E-state index is -0.272. The van der Waals surface area contributed by atoms with E-state index in [4.69, 9.17) is 0 Å². The number of nitrogens with one attached hydrogen (secondary N) is 1. The van der Waals surface area contributed by atoms with E-state index in [1.165, 1.54) is 23.3 Å². The summed E-state index contributed by atoms with van der Waals surface area (Å²) in [6.07, 6.45) is 0. The maximum absolute atomic E-state index is 13.0. The second kappa shape index (κ2) is 7.64. The van der Waals surface area contributed by atoms with Crippen molar-refractivity contribution in [3.8, 4) is 0 Å². The van der Waals surface area contributed by atoms with Gasteiger partial charge in [0.25, 0.3) is 0 Å². The van der Waals surface area contributed by atoms with Gasteiger partial charge in [0.1, 0.15) is 5.82 Å². The molecule has 2 aromatic rings. The minimum absolute atomic E-state index is 0.0215. The van der Waals surface area contributed by atoms with Crippen LogP contribution in [0.15, 0.2) is 47.4 Å². The molecule has 0 radical (unpaired) electrons. The van der Waals surface area contributed by atoms with Crippen LogP contribution in [-0.2, 0) is 4.79 Å². The van der Waals surface area contributed by atoms with Gasteiger partial charge in [0.05, 0.1) is 11.3 Å². The molecular formula is C19H22FNOS. The van der Waals surface area contributed by atoms with Gasteiger partial charge in [0.15, 0.2) is 0 Å².